The third kappa shape index (κ3) is 3.45. The lowest BCUT2D eigenvalue weighted by molar-refractivity contribution is 0.424. The monoisotopic (exact) mass is 272 g/mol. The zero-order valence-electron chi connectivity index (χ0n) is 13.3. The minimum absolute atomic E-state index is 0.113. The van der Waals surface area contributed by atoms with E-state index < -0.39 is 0 Å². The first-order valence-corrected chi connectivity index (χ1v) is 7.00. The lowest BCUT2D eigenvalue weighted by Gasteiger charge is -2.20. The minimum Gasteiger partial charge on any atom is -0.308 e. The first-order valence-electron chi connectivity index (χ1n) is 7.00. The smallest absolute Gasteiger partial charge is 0.156 e. The Hall–Kier alpha value is -1.68. The molecule has 2 aromatic rings. The maximum atomic E-state index is 4.58. The van der Waals surface area contributed by atoms with Crippen LogP contribution in [0.2, 0.25) is 0 Å². The van der Waals surface area contributed by atoms with E-state index in [1.807, 2.05) is 17.8 Å². The number of aryl methyl sites for hydroxylation is 3. The van der Waals surface area contributed by atoms with Gasteiger partial charge in [0.15, 0.2) is 5.82 Å². The average molecular weight is 272 g/mol. The van der Waals surface area contributed by atoms with Gasteiger partial charge in [0, 0.05) is 24.0 Å². The van der Waals surface area contributed by atoms with E-state index in [-0.39, 0.29) is 5.54 Å². The molecule has 2 aromatic heterocycles. The zero-order chi connectivity index (χ0) is 14.9. The molecule has 20 heavy (non-hydrogen) atoms. The number of pyridine rings is 1. The van der Waals surface area contributed by atoms with Gasteiger partial charge >= 0.3 is 0 Å². The standard InChI is InChI=1S/C16H24N4/c1-11-7-14(10-18-16(4,5)6)9-17-15(11)20-13(3)8-12(2)19-20/h7-9,18H,10H2,1-6H3. The van der Waals surface area contributed by atoms with E-state index in [1.54, 1.807) is 0 Å². The van der Waals surface area contributed by atoms with Crippen LogP contribution in [-0.4, -0.2) is 20.3 Å². The fraction of sp³-hybridized carbons (Fsp3) is 0.500. The number of hydrogen-bond acceptors (Lipinski definition) is 3. The van der Waals surface area contributed by atoms with Crippen molar-refractivity contribution in [2.75, 3.05) is 0 Å². The Morgan fingerprint density at radius 2 is 1.85 bits per heavy atom. The van der Waals surface area contributed by atoms with Gasteiger partial charge in [0.25, 0.3) is 0 Å². The molecule has 0 unspecified atom stereocenters. The Kier molecular flexibility index (Phi) is 3.95. The first-order chi connectivity index (χ1) is 9.26. The second kappa shape index (κ2) is 5.37. The molecule has 0 aliphatic heterocycles. The van der Waals surface area contributed by atoms with E-state index in [2.05, 4.69) is 62.2 Å². The number of rotatable bonds is 3. The Labute approximate surface area is 121 Å². The van der Waals surface area contributed by atoms with Crippen LogP contribution in [0.3, 0.4) is 0 Å². The van der Waals surface area contributed by atoms with E-state index in [0.717, 1.165) is 29.3 Å². The van der Waals surface area contributed by atoms with Crippen molar-refractivity contribution in [3.8, 4) is 5.82 Å². The average Bonchev–Trinajstić information content (AvgIpc) is 2.65. The van der Waals surface area contributed by atoms with E-state index in [0.29, 0.717) is 0 Å². The molecule has 0 spiro atoms. The summed E-state index contributed by atoms with van der Waals surface area (Å²) in [6.07, 6.45) is 1.93. The summed E-state index contributed by atoms with van der Waals surface area (Å²) in [7, 11) is 0. The predicted molar refractivity (Wildman–Crippen MR) is 82.2 cm³/mol. The van der Waals surface area contributed by atoms with E-state index >= 15 is 0 Å². The summed E-state index contributed by atoms with van der Waals surface area (Å²) < 4.78 is 1.91. The zero-order valence-corrected chi connectivity index (χ0v) is 13.3. The summed E-state index contributed by atoms with van der Waals surface area (Å²) in [4.78, 5) is 4.58. The molecule has 0 fully saturated rings. The highest BCUT2D eigenvalue weighted by atomic mass is 15.3. The summed E-state index contributed by atoms with van der Waals surface area (Å²) in [6, 6.07) is 4.24. The van der Waals surface area contributed by atoms with Crippen LogP contribution in [0, 0.1) is 20.8 Å². The lowest BCUT2D eigenvalue weighted by atomic mass is 10.1. The normalized spacial score (nSPS) is 11.9. The highest BCUT2D eigenvalue weighted by molar-refractivity contribution is 5.36. The first kappa shape index (κ1) is 14.7. The molecule has 0 aliphatic carbocycles. The lowest BCUT2D eigenvalue weighted by Crippen LogP contribution is -2.35. The van der Waals surface area contributed by atoms with Crippen molar-refractivity contribution in [3.63, 3.8) is 0 Å². The maximum Gasteiger partial charge on any atom is 0.156 e. The van der Waals surface area contributed by atoms with Crippen molar-refractivity contribution >= 4 is 0 Å². The van der Waals surface area contributed by atoms with Gasteiger partial charge in [0.1, 0.15) is 0 Å². The van der Waals surface area contributed by atoms with Crippen LogP contribution in [0.5, 0.6) is 0 Å². The van der Waals surface area contributed by atoms with Crippen molar-refractivity contribution in [3.05, 3.63) is 40.8 Å². The molecule has 108 valence electrons. The summed E-state index contributed by atoms with van der Waals surface area (Å²) in [6.45, 7) is 13.5. The molecular weight excluding hydrogens is 248 g/mol. The molecule has 0 atom stereocenters. The van der Waals surface area contributed by atoms with Crippen molar-refractivity contribution in [1.82, 2.24) is 20.1 Å². The maximum absolute atomic E-state index is 4.58. The molecule has 0 saturated heterocycles. The molecule has 0 radical (unpaired) electrons. The van der Waals surface area contributed by atoms with Gasteiger partial charge in [-0.1, -0.05) is 0 Å². The van der Waals surface area contributed by atoms with Crippen LogP contribution in [0.1, 0.15) is 43.3 Å². The van der Waals surface area contributed by atoms with E-state index in [4.69, 9.17) is 0 Å². The van der Waals surface area contributed by atoms with Crippen LogP contribution < -0.4 is 5.32 Å². The van der Waals surface area contributed by atoms with E-state index in [1.165, 1.54) is 5.56 Å². The molecule has 0 aromatic carbocycles. The van der Waals surface area contributed by atoms with Crippen LogP contribution in [0.4, 0.5) is 0 Å². The number of aromatic nitrogens is 3. The molecular formula is C16H24N4. The van der Waals surface area contributed by atoms with Crippen LogP contribution in [-0.2, 0) is 6.54 Å². The Balaban J connectivity index is 2.24. The van der Waals surface area contributed by atoms with Gasteiger partial charge in [-0.15, -0.1) is 0 Å². The quantitative estimate of drug-likeness (QED) is 0.933. The number of nitrogens with zero attached hydrogens (tertiary/aromatic N) is 3. The van der Waals surface area contributed by atoms with Crippen LogP contribution in [0.25, 0.3) is 5.82 Å². The second-order valence-corrected chi connectivity index (χ2v) is 6.43. The summed E-state index contributed by atoms with van der Waals surface area (Å²) >= 11 is 0. The molecule has 4 nitrogen and oxygen atoms in total. The molecule has 0 bridgehead atoms. The largest absolute Gasteiger partial charge is 0.308 e. The fourth-order valence-corrected chi connectivity index (χ4v) is 2.15. The Morgan fingerprint density at radius 1 is 1.15 bits per heavy atom. The highest BCUT2D eigenvalue weighted by Gasteiger charge is 2.11. The molecule has 0 amide bonds. The Morgan fingerprint density at radius 3 is 2.35 bits per heavy atom. The SMILES string of the molecule is Cc1cc(C)n(-c2ncc(CNC(C)(C)C)cc2C)n1. The van der Waals surface area contributed by atoms with Crippen molar-refractivity contribution in [2.45, 2.75) is 53.6 Å². The van der Waals surface area contributed by atoms with Gasteiger partial charge in [-0.25, -0.2) is 9.67 Å². The topological polar surface area (TPSA) is 42.7 Å². The predicted octanol–water partition coefficient (Wildman–Crippen LogP) is 3.08. The molecule has 1 N–H and O–H groups in total. The molecule has 0 saturated carbocycles. The highest BCUT2D eigenvalue weighted by Crippen LogP contribution is 2.15. The van der Waals surface area contributed by atoms with Crippen molar-refractivity contribution < 1.29 is 0 Å². The minimum atomic E-state index is 0.113. The van der Waals surface area contributed by atoms with Gasteiger partial charge in [-0.2, -0.15) is 5.10 Å². The van der Waals surface area contributed by atoms with Crippen molar-refractivity contribution in [1.29, 1.82) is 0 Å². The van der Waals surface area contributed by atoms with Crippen LogP contribution in [0.15, 0.2) is 18.3 Å². The van der Waals surface area contributed by atoms with Gasteiger partial charge in [0.2, 0.25) is 0 Å². The van der Waals surface area contributed by atoms with Gasteiger partial charge in [-0.3, -0.25) is 0 Å². The van der Waals surface area contributed by atoms with Crippen LogP contribution >= 0.6 is 0 Å². The summed E-state index contributed by atoms with van der Waals surface area (Å²) in [5, 5.41) is 7.97. The summed E-state index contributed by atoms with van der Waals surface area (Å²) in [5.74, 6) is 0.912. The van der Waals surface area contributed by atoms with Crippen molar-refractivity contribution in [2.24, 2.45) is 0 Å². The second-order valence-electron chi connectivity index (χ2n) is 6.43. The summed E-state index contributed by atoms with van der Waals surface area (Å²) in [5.41, 5.74) is 4.58. The number of nitrogens with one attached hydrogen (secondary N) is 1. The van der Waals surface area contributed by atoms with Gasteiger partial charge in [-0.05, 0) is 64.8 Å². The molecule has 0 aliphatic rings. The third-order valence-electron chi connectivity index (χ3n) is 3.14. The number of hydrogen-bond donors (Lipinski definition) is 1. The third-order valence-corrected chi connectivity index (χ3v) is 3.14. The molecule has 2 rings (SSSR count). The van der Waals surface area contributed by atoms with Gasteiger partial charge in [0.05, 0.1) is 5.69 Å². The Bertz CT molecular complexity index is 605. The van der Waals surface area contributed by atoms with Gasteiger partial charge < -0.3 is 5.32 Å². The molecule has 4 heteroatoms. The fourth-order valence-electron chi connectivity index (χ4n) is 2.15. The molecule has 2 heterocycles. The van der Waals surface area contributed by atoms with E-state index in [9.17, 15) is 0 Å².